The first kappa shape index (κ1) is 22.7. The van der Waals surface area contributed by atoms with Gasteiger partial charge in [-0.05, 0) is 33.8 Å². The lowest BCUT2D eigenvalue weighted by atomic mass is 10.1. The minimum absolute atomic E-state index is 0.0191. The zero-order chi connectivity index (χ0) is 23.6. The molecular weight excluding hydrogens is 444 g/mol. The standard InChI is InChI=1S/C22H24N6O4S/c1-14-19(22(25-13-24-14)28-7-9-31-10-8-28)6-5-18-11-20(15(2)23-12-18)27-33(29,30)21-16(3)26-32-17(21)4/h11-13,27H,7-10H2,1-4H3. The van der Waals surface area contributed by atoms with Gasteiger partial charge in [0.2, 0.25) is 0 Å². The first-order valence-corrected chi connectivity index (χ1v) is 11.8. The SMILES string of the molecule is Cc1ncc(C#Cc2c(C)ncnc2N2CCOCC2)cc1NS(=O)(=O)c1c(C)noc1C. The van der Waals surface area contributed by atoms with Crippen molar-refractivity contribution >= 4 is 21.5 Å². The van der Waals surface area contributed by atoms with E-state index in [1.54, 1.807) is 33.0 Å². The number of pyridine rings is 1. The fourth-order valence-electron chi connectivity index (χ4n) is 3.52. The van der Waals surface area contributed by atoms with Crippen molar-refractivity contribution in [3.8, 4) is 11.8 Å². The zero-order valence-electron chi connectivity index (χ0n) is 18.8. The molecule has 172 valence electrons. The number of anilines is 2. The largest absolute Gasteiger partial charge is 0.378 e. The monoisotopic (exact) mass is 468 g/mol. The Morgan fingerprint density at radius 1 is 1.00 bits per heavy atom. The maximum atomic E-state index is 12.9. The van der Waals surface area contributed by atoms with Gasteiger partial charge in [-0.1, -0.05) is 17.0 Å². The van der Waals surface area contributed by atoms with E-state index in [-0.39, 0.29) is 16.3 Å². The van der Waals surface area contributed by atoms with Crippen molar-refractivity contribution in [2.45, 2.75) is 32.6 Å². The lowest BCUT2D eigenvalue weighted by Gasteiger charge is -2.28. The molecule has 0 aromatic carbocycles. The number of nitrogens with one attached hydrogen (secondary N) is 1. The molecule has 4 rings (SSSR count). The van der Waals surface area contributed by atoms with Gasteiger partial charge in [-0.25, -0.2) is 18.4 Å². The Balaban J connectivity index is 1.66. The van der Waals surface area contributed by atoms with Crippen LogP contribution in [-0.2, 0) is 14.8 Å². The molecule has 0 unspecified atom stereocenters. The van der Waals surface area contributed by atoms with E-state index in [0.717, 1.165) is 30.2 Å². The van der Waals surface area contributed by atoms with Crippen molar-refractivity contribution in [1.29, 1.82) is 0 Å². The molecule has 1 fully saturated rings. The van der Waals surface area contributed by atoms with Gasteiger partial charge < -0.3 is 14.2 Å². The summed E-state index contributed by atoms with van der Waals surface area (Å²) in [5.41, 5.74) is 3.17. The van der Waals surface area contributed by atoms with Crippen LogP contribution in [0.25, 0.3) is 0 Å². The number of nitrogens with zero attached hydrogens (tertiary/aromatic N) is 5. The van der Waals surface area contributed by atoms with Crippen molar-refractivity contribution < 1.29 is 17.7 Å². The summed E-state index contributed by atoms with van der Waals surface area (Å²) in [5, 5.41) is 3.73. The van der Waals surface area contributed by atoms with Crippen LogP contribution in [-0.4, -0.2) is 54.8 Å². The predicted molar refractivity (Wildman–Crippen MR) is 122 cm³/mol. The second-order valence-electron chi connectivity index (χ2n) is 7.62. The molecule has 4 heterocycles. The van der Waals surface area contributed by atoms with Crippen molar-refractivity contribution in [3.63, 3.8) is 0 Å². The summed E-state index contributed by atoms with van der Waals surface area (Å²) in [6, 6.07) is 1.65. The van der Waals surface area contributed by atoms with Crippen LogP contribution in [0, 0.1) is 39.5 Å². The Morgan fingerprint density at radius 2 is 1.76 bits per heavy atom. The van der Waals surface area contributed by atoms with Crippen LogP contribution in [0.1, 0.15) is 34.0 Å². The zero-order valence-corrected chi connectivity index (χ0v) is 19.7. The molecule has 11 heteroatoms. The summed E-state index contributed by atoms with van der Waals surface area (Å²) in [4.78, 5) is 15.2. The molecule has 3 aromatic rings. The van der Waals surface area contributed by atoms with Gasteiger partial charge in [-0.15, -0.1) is 0 Å². The van der Waals surface area contributed by atoms with Crippen LogP contribution < -0.4 is 9.62 Å². The van der Waals surface area contributed by atoms with Gasteiger partial charge in [-0.3, -0.25) is 9.71 Å². The highest BCUT2D eigenvalue weighted by Gasteiger charge is 2.25. The van der Waals surface area contributed by atoms with Crippen molar-refractivity contribution in [2.24, 2.45) is 0 Å². The van der Waals surface area contributed by atoms with E-state index in [1.807, 2.05) is 6.92 Å². The van der Waals surface area contributed by atoms with Crippen LogP contribution >= 0.6 is 0 Å². The topological polar surface area (TPSA) is 123 Å². The van der Waals surface area contributed by atoms with Crippen LogP contribution in [0.4, 0.5) is 11.5 Å². The molecule has 33 heavy (non-hydrogen) atoms. The number of morpholine rings is 1. The summed E-state index contributed by atoms with van der Waals surface area (Å²) in [7, 11) is -3.90. The summed E-state index contributed by atoms with van der Waals surface area (Å²) in [6.45, 7) is 9.45. The first-order valence-electron chi connectivity index (χ1n) is 10.3. The highest BCUT2D eigenvalue weighted by Crippen LogP contribution is 2.24. The summed E-state index contributed by atoms with van der Waals surface area (Å²) in [6.07, 6.45) is 3.13. The molecule has 3 aromatic heterocycles. The van der Waals surface area contributed by atoms with Gasteiger partial charge in [-0.2, -0.15) is 0 Å². The third-order valence-electron chi connectivity index (χ3n) is 5.23. The minimum atomic E-state index is -3.90. The van der Waals surface area contributed by atoms with Gasteiger partial charge in [0.15, 0.2) is 10.7 Å². The third kappa shape index (κ3) is 4.81. The lowest BCUT2D eigenvalue weighted by Crippen LogP contribution is -2.37. The molecule has 0 bridgehead atoms. The fourth-order valence-corrected chi connectivity index (χ4v) is 4.96. The second-order valence-corrected chi connectivity index (χ2v) is 9.24. The van der Waals surface area contributed by atoms with E-state index in [9.17, 15) is 8.42 Å². The molecule has 1 saturated heterocycles. The number of rotatable bonds is 4. The number of sulfonamides is 1. The number of hydrogen-bond donors (Lipinski definition) is 1. The maximum Gasteiger partial charge on any atom is 0.267 e. The molecule has 0 amide bonds. The minimum Gasteiger partial charge on any atom is -0.378 e. The quantitative estimate of drug-likeness (QED) is 0.574. The van der Waals surface area contributed by atoms with Gasteiger partial charge >= 0.3 is 0 Å². The Hall–Kier alpha value is -3.49. The third-order valence-corrected chi connectivity index (χ3v) is 6.84. The smallest absolute Gasteiger partial charge is 0.267 e. The van der Waals surface area contributed by atoms with Gasteiger partial charge in [0.1, 0.15) is 17.8 Å². The van der Waals surface area contributed by atoms with Gasteiger partial charge in [0, 0.05) is 24.8 Å². The maximum absolute atomic E-state index is 12.9. The van der Waals surface area contributed by atoms with E-state index < -0.39 is 10.0 Å². The van der Waals surface area contributed by atoms with Crippen molar-refractivity contribution in [1.82, 2.24) is 20.1 Å². The number of hydrogen-bond acceptors (Lipinski definition) is 9. The Bertz CT molecular complexity index is 1330. The molecule has 1 N–H and O–H groups in total. The molecule has 0 radical (unpaired) electrons. The average molecular weight is 469 g/mol. The molecule has 0 saturated carbocycles. The van der Waals surface area contributed by atoms with Crippen LogP contribution in [0.2, 0.25) is 0 Å². The molecule has 1 aliphatic heterocycles. The Labute approximate surface area is 192 Å². The number of aryl methyl sites for hydroxylation is 4. The number of aromatic nitrogens is 4. The summed E-state index contributed by atoms with van der Waals surface area (Å²) >= 11 is 0. The van der Waals surface area contributed by atoms with E-state index in [2.05, 4.69) is 41.6 Å². The lowest BCUT2D eigenvalue weighted by molar-refractivity contribution is 0.122. The van der Waals surface area contributed by atoms with Gasteiger partial charge in [0.05, 0.1) is 35.9 Å². The van der Waals surface area contributed by atoms with Crippen LogP contribution in [0.5, 0.6) is 0 Å². The molecule has 10 nitrogen and oxygen atoms in total. The summed E-state index contributed by atoms with van der Waals surface area (Å²) < 4.78 is 38.8. The van der Waals surface area contributed by atoms with Gasteiger partial charge in [0.25, 0.3) is 10.0 Å². The average Bonchev–Trinajstić information content (AvgIpc) is 3.14. The van der Waals surface area contributed by atoms with Crippen LogP contribution in [0.3, 0.4) is 0 Å². The van der Waals surface area contributed by atoms with Crippen molar-refractivity contribution in [2.75, 3.05) is 35.9 Å². The second kappa shape index (κ2) is 9.17. The Morgan fingerprint density at radius 3 is 2.45 bits per heavy atom. The Kier molecular flexibility index (Phi) is 6.31. The molecule has 0 spiro atoms. The number of ether oxygens (including phenoxy) is 1. The van der Waals surface area contributed by atoms with E-state index in [4.69, 9.17) is 9.26 Å². The first-order chi connectivity index (χ1) is 15.8. The molecule has 0 aliphatic carbocycles. The predicted octanol–water partition coefficient (Wildman–Crippen LogP) is 2.13. The van der Waals surface area contributed by atoms with E-state index >= 15 is 0 Å². The van der Waals surface area contributed by atoms with Crippen molar-refractivity contribution in [3.05, 3.63) is 52.6 Å². The summed E-state index contributed by atoms with van der Waals surface area (Å²) in [5.74, 6) is 7.21. The molecule has 1 aliphatic rings. The highest BCUT2D eigenvalue weighted by molar-refractivity contribution is 7.92. The normalized spacial score (nSPS) is 14.0. The highest BCUT2D eigenvalue weighted by atomic mass is 32.2. The van der Waals surface area contributed by atoms with E-state index in [0.29, 0.717) is 30.2 Å². The van der Waals surface area contributed by atoms with E-state index in [1.165, 1.54) is 6.33 Å². The fraction of sp³-hybridized carbons (Fsp3) is 0.364. The van der Waals surface area contributed by atoms with Crippen LogP contribution in [0.15, 0.2) is 28.0 Å². The molecular formula is C22H24N6O4S. The molecule has 0 atom stereocenters.